The Hall–Kier alpha value is -3.80. The van der Waals surface area contributed by atoms with Gasteiger partial charge in [-0.25, -0.2) is 9.50 Å². The summed E-state index contributed by atoms with van der Waals surface area (Å²) in [4.78, 5) is 22.6. The Morgan fingerprint density at radius 3 is 2.97 bits per heavy atom. The Bertz CT molecular complexity index is 1310. The van der Waals surface area contributed by atoms with E-state index >= 15 is 0 Å². The highest BCUT2D eigenvalue weighted by molar-refractivity contribution is 5.98. The Labute approximate surface area is 197 Å². The normalized spacial score (nSPS) is 21.8. The molecule has 0 unspecified atom stereocenters. The van der Waals surface area contributed by atoms with Gasteiger partial charge in [-0.15, -0.1) is 0 Å². The van der Waals surface area contributed by atoms with Crippen LogP contribution in [0.3, 0.4) is 0 Å². The van der Waals surface area contributed by atoms with E-state index in [-0.39, 0.29) is 24.7 Å². The summed E-state index contributed by atoms with van der Waals surface area (Å²) in [7, 11) is 0. The molecule has 0 bridgehead atoms. The molecular weight excluding hydrogens is 432 g/mol. The quantitative estimate of drug-likeness (QED) is 0.593. The summed E-state index contributed by atoms with van der Waals surface area (Å²) in [5, 5.41) is 14.1. The number of hydrogen-bond donors (Lipinski definition) is 0. The van der Waals surface area contributed by atoms with Crippen molar-refractivity contribution in [2.45, 2.75) is 38.6 Å². The van der Waals surface area contributed by atoms with E-state index in [9.17, 15) is 10.1 Å². The maximum absolute atomic E-state index is 13.6. The van der Waals surface area contributed by atoms with E-state index in [1.165, 1.54) is 0 Å². The predicted octanol–water partition coefficient (Wildman–Crippen LogP) is 3.48. The molecule has 1 aromatic carbocycles. The van der Waals surface area contributed by atoms with Gasteiger partial charge in [-0.1, -0.05) is 6.07 Å². The van der Waals surface area contributed by atoms with Gasteiger partial charge in [0.05, 0.1) is 29.3 Å². The number of piperidine rings is 1. The maximum Gasteiger partial charge on any atom is 0.258 e. The average molecular weight is 459 g/mol. The highest BCUT2D eigenvalue weighted by Gasteiger charge is 2.34. The lowest BCUT2D eigenvalue weighted by atomic mass is 9.98. The summed E-state index contributed by atoms with van der Waals surface area (Å²) in [5.41, 5.74) is 3.15. The Morgan fingerprint density at radius 1 is 1.21 bits per heavy atom. The second-order valence-electron chi connectivity index (χ2n) is 9.23. The molecule has 0 saturated carbocycles. The van der Waals surface area contributed by atoms with Gasteiger partial charge in [-0.3, -0.25) is 4.79 Å². The number of carbonyl (C=O) groups is 1. The number of aryl methyl sites for hydroxylation is 1. The molecule has 0 radical (unpaired) electrons. The second kappa shape index (κ2) is 8.20. The number of rotatable bonds is 3. The molecule has 34 heavy (non-hydrogen) atoms. The number of nitriles is 1. The molecule has 174 valence electrons. The molecule has 9 heteroatoms. The molecule has 6 rings (SSSR count). The van der Waals surface area contributed by atoms with E-state index < -0.39 is 0 Å². The topological polar surface area (TPSA) is 96.0 Å². The largest absolute Gasteiger partial charge is 0.454 e. The van der Waals surface area contributed by atoms with Gasteiger partial charge in [0, 0.05) is 37.5 Å². The molecule has 0 aliphatic carbocycles. The van der Waals surface area contributed by atoms with Gasteiger partial charge in [0.2, 0.25) is 6.79 Å². The minimum absolute atomic E-state index is 0.0496. The van der Waals surface area contributed by atoms with Crippen LogP contribution < -0.4 is 14.4 Å². The van der Waals surface area contributed by atoms with E-state index in [0.29, 0.717) is 30.2 Å². The number of para-hydroxylation sites is 1. The van der Waals surface area contributed by atoms with Crippen LogP contribution in [0.5, 0.6) is 11.5 Å². The number of carbonyl (C=O) groups excluding carboxylic acids is 1. The predicted molar refractivity (Wildman–Crippen MR) is 124 cm³/mol. The standard InChI is InChI=1S/C25H26N6O3/c1-16-13-31-22(27-24(16)29-10-8-17(12-26)14-29)11-19(28-31)20-6-2-3-9-30(20)25(32)18-5-4-7-21-23(18)34-15-33-21/h4-5,7,11,13,17,20H,2-3,6,8-10,14-15H2,1H3/t17-,20+/m1/s1. The number of amides is 1. The zero-order valence-electron chi connectivity index (χ0n) is 19.1. The summed E-state index contributed by atoms with van der Waals surface area (Å²) in [6.45, 7) is 4.37. The van der Waals surface area contributed by atoms with Gasteiger partial charge in [-0.05, 0) is 44.7 Å². The van der Waals surface area contributed by atoms with Gasteiger partial charge < -0.3 is 19.3 Å². The number of aromatic nitrogens is 3. The van der Waals surface area contributed by atoms with Crippen LogP contribution in [0.1, 0.15) is 53.3 Å². The van der Waals surface area contributed by atoms with Gasteiger partial charge in [-0.2, -0.15) is 10.4 Å². The molecule has 2 fully saturated rings. The summed E-state index contributed by atoms with van der Waals surface area (Å²) < 4.78 is 12.9. The number of benzene rings is 1. The van der Waals surface area contributed by atoms with E-state index in [2.05, 4.69) is 11.0 Å². The van der Waals surface area contributed by atoms with E-state index in [1.807, 2.05) is 36.2 Å². The third-order valence-corrected chi connectivity index (χ3v) is 7.03. The summed E-state index contributed by atoms with van der Waals surface area (Å²) in [6, 6.07) is 9.68. The number of nitrogens with zero attached hydrogens (tertiary/aromatic N) is 6. The molecule has 3 aliphatic heterocycles. The number of likely N-dealkylation sites (tertiary alicyclic amines) is 1. The molecule has 9 nitrogen and oxygen atoms in total. The van der Waals surface area contributed by atoms with Crippen LogP contribution in [0.25, 0.3) is 5.65 Å². The molecule has 0 spiro atoms. The Morgan fingerprint density at radius 2 is 2.12 bits per heavy atom. The lowest BCUT2D eigenvalue weighted by Crippen LogP contribution is -2.38. The summed E-state index contributed by atoms with van der Waals surface area (Å²) in [6.07, 6.45) is 5.70. The summed E-state index contributed by atoms with van der Waals surface area (Å²) >= 11 is 0. The van der Waals surface area contributed by atoms with Crippen molar-refractivity contribution in [3.8, 4) is 17.6 Å². The zero-order chi connectivity index (χ0) is 23.2. The van der Waals surface area contributed by atoms with Crippen molar-refractivity contribution in [2.75, 3.05) is 31.3 Å². The number of hydrogen-bond acceptors (Lipinski definition) is 7. The van der Waals surface area contributed by atoms with Crippen LogP contribution in [0.15, 0.2) is 30.5 Å². The van der Waals surface area contributed by atoms with Crippen LogP contribution in [-0.4, -0.2) is 51.8 Å². The molecule has 2 aromatic heterocycles. The minimum atomic E-state index is -0.125. The van der Waals surface area contributed by atoms with Crippen LogP contribution in [0.2, 0.25) is 0 Å². The smallest absolute Gasteiger partial charge is 0.258 e. The third-order valence-electron chi connectivity index (χ3n) is 7.03. The number of anilines is 1. The van der Waals surface area contributed by atoms with Crippen LogP contribution in [-0.2, 0) is 0 Å². The zero-order valence-corrected chi connectivity index (χ0v) is 19.1. The third kappa shape index (κ3) is 3.41. The molecule has 2 saturated heterocycles. The second-order valence-corrected chi connectivity index (χ2v) is 9.23. The van der Waals surface area contributed by atoms with E-state index in [0.717, 1.165) is 55.0 Å². The lowest BCUT2D eigenvalue weighted by molar-refractivity contribution is 0.0601. The van der Waals surface area contributed by atoms with Crippen LogP contribution in [0.4, 0.5) is 5.82 Å². The molecule has 1 amide bonds. The Balaban J connectivity index is 1.32. The molecule has 2 atom stereocenters. The van der Waals surface area contributed by atoms with Gasteiger partial charge in [0.1, 0.15) is 5.82 Å². The van der Waals surface area contributed by atoms with Gasteiger partial charge in [0.25, 0.3) is 5.91 Å². The lowest BCUT2D eigenvalue weighted by Gasteiger charge is -2.35. The van der Waals surface area contributed by atoms with Crippen molar-refractivity contribution >= 4 is 17.4 Å². The minimum Gasteiger partial charge on any atom is -0.454 e. The molecular formula is C25H26N6O3. The van der Waals surface area contributed by atoms with Crippen molar-refractivity contribution in [3.05, 3.63) is 47.3 Å². The SMILES string of the molecule is Cc1cn2nc([C@@H]3CCCCN3C(=O)c3cccc4c3OCO4)cc2nc1N1CC[C@H](C#N)C1. The number of ether oxygens (including phenoxy) is 2. The summed E-state index contributed by atoms with van der Waals surface area (Å²) in [5.74, 6) is 2.03. The van der Waals surface area contributed by atoms with Crippen LogP contribution >= 0.6 is 0 Å². The number of fused-ring (bicyclic) bond motifs is 2. The molecule has 5 heterocycles. The van der Waals surface area contributed by atoms with Crippen molar-refractivity contribution < 1.29 is 14.3 Å². The van der Waals surface area contributed by atoms with Crippen molar-refractivity contribution in [1.29, 1.82) is 5.26 Å². The molecule has 3 aromatic rings. The first-order chi connectivity index (χ1) is 16.6. The highest BCUT2D eigenvalue weighted by Crippen LogP contribution is 2.39. The van der Waals surface area contributed by atoms with Gasteiger partial charge >= 0.3 is 0 Å². The first-order valence-corrected chi connectivity index (χ1v) is 11.8. The van der Waals surface area contributed by atoms with Crippen molar-refractivity contribution in [1.82, 2.24) is 19.5 Å². The fraction of sp³-hybridized carbons (Fsp3) is 0.440. The molecule has 0 N–H and O–H groups in total. The molecule has 3 aliphatic rings. The first-order valence-electron chi connectivity index (χ1n) is 11.8. The van der Waals surface area contributed by atoms with E-state index in [4.69, 9.17) is 19.6 Å². The van der Waals surface area contributed by atoms with Gasteiger partial charge in [0.15, 0.2) is 17.1 Å². The first kappa shape index (κ1) is 20.8. The Kier molecular flexibility index (Phi) is 5.01. The maximum atomic E-state index is 13.6. The fourth-order valence-electron chi connectivity index (χ4n) is 5.30. The monoisotopic (exact) mass is 458 g/mol. The highest BCUT2D eigenvalue weighted by atomic mass is 16.7. The van der Waals surface area contributed by atoms with Crippen molar-refractivity contribution in [3.63, 3.8) is 0 Å². The van der Waals surface area contributed by atoms with Crippen LogP contribution in [0, 0.1) is 24.2 Å². The van der Waals surface area contributed by atoms with Crippen molar-refractivity contribution in [2.24, 2.45) is 5.92 Å². The average Bonchev–Trinajstić information content (AvgIpc) is 3.61. The fourth-order valence-corrected chi connectivity index (χ4v) is 5.30. The van der Waals surface area contributed by atoms with E-state index in [1.54, 1.807) is 10.6 Å².